The Kier molecular flexibility index (Phi) is 4.63. The minimum Gasteiger partial charge on any atom is -0.309 e. The number of halogens is 4. The van der Waals surface area contributed by atoms with Crippen LogP contribution in [0.15, 0.2) is 42.5 Å². The highest BCUT2D eigenvalue weighted by Crippen LogP contribution is 2.30. The number of alkyl halides is 3. The van der Waals surface area contributed by atoms with Crippen LogP contribution in [0.25, 0.3) is 0 Å². The Morgan fingerprint density at radius 3 is 2.38 bits per heavy atom. The zero-order chi connectivity index (χ0) is 15.5. The maximum Gasteiger partial charge on any atom is 0.416 e. The first kappa shape index (κ1) is 15.5. The summed E-state index contributed by atoms with van der Waals surface area (Å²) < 4.78 is 51.0. The lowest BCUT2D eigenvalue weighted by molar-refractivity contribution is -0.137. The Morgan fingerprint density at radius 1 is 1.00 bits per heavy atom. The quantitative estimate of drug-likeness (QED) is 0.823. The van der Waals surface area contributed by atoms with Crippen molar-refractivity contribution < 1.29 is 17.6 Å². The fourth-order valence-electron chi connectivity index (χ4n) is 2.07. The molecule has 5 heteroatoms. The SMILES string of the molecule is Cc1ccccc1CNCc1cc(F)cc(C(F)(F)F)c1. The van der Waals surface area contributed by atoms with Crippen molar-refractivity contribution in [3.8, 4) is 0 Å². The molecule has 1 N–H and O–H groups in total. The summed E-state index contributed by atoms with van der Waals surface area (Å²) in [7, 11) is 0. The van der Waals surface area contributed by atoms with Crippen LogP contribution in [0.1, 0.15) is 22.3 Å². The summed E-state index contributed by atoms with van der Waals surface area (Å²) in [5.74, 6) is -0.877. The third-order valence-electron chi connectivity index (χ3n) is 3.19. The lowest BCUT2D eigenvalue weighted by atomic mass is 10.1. The smallest absolute Gasteiger partial charge is 0.309 e. The molecule has 0 unspecified atom stereocenters. The van der Waals surface area contributed by atoms with Gasteiger partial charge in [0, 0.05) is 13.1 Å². The van der Waals surface area contributed by atoms with Crippen LogP contribution in [0.4, 0.5) is 17.6 Å². The molecule has 0 radical (unpaired) electrons. The predicted molar refractivity (Wildman–Crippen MR) is 73.1 cm³/mol. The van der Waals surface area contributed by atoms with Gasteiger partial charge in [-0.2, -0.15) is 13.2 Å². The van der Waals surface area contributed by atoms with Gasteiger partial charge in [0.15, 0.2) is 0 Å². The Hall–Kier alpha value is -1.88. The van der Waals surface area contributed by atoms with E-state index in [1.807, 2.05) is 31.2 Å². The van der Waals surface area contributed by atoms with Crippen molar-refractivity contribution in [1.29, 1.82) is 0 Å². The molecule has 0 aromatic heterocycles. The standard InChI is InChI=1S/C16H15F4N/c1-11-4-2-3-5-13(11)10-21-9-12-6-14(16(18,19)20)8-15(17)7-12/h2-8,21H,9-10H2,1H3. The number of aryl methyl sites for hydroxylation is 1. The molecule has 2 aromatic rings. The van der Waals surface area contributed by atoms with Gasteiger partial charge >= 0.3 is 6.18 Å². The molecule has 0 aliphatic carbocycles. The highest BCUT2D eigenvalue weighted by molar-refractivity contribution is 5.28. The van der Waals surface area contributed by atoms with E-state index >= 15 is 0 Å². The molecule has 0 saturated heterocycles. The zero-order valence-corrected chi connectivity index (χ0v) is 11.5. The lowest BCUT2D eigenvalue weighted by Gasteiger charge is -2.11. The highest BCUT2D eigenvalue weighted by atomic mass is 19.4. The largest absolute Gasteiger partial charge is 0.416 e. The monoisotopic (exact) mass is 297 g/mol. The predicted octanol–water partition coefficient (Wildman–Crippen LogP) is 4.44. The van der Waals surface area contributed by atoms with Crippen molar-refractivity contribution in [1.82, 2.24) is 5.32 Å². The molecule has 0 aliphatic rings. The van der Waals surface area contributed by atoms with Crippen molar-refractivity contribution in [2.75, 3.05) is 0 Å². The molecule has 0 bridgehead atoms. The van der Waals surface area contributed by atoms with Gasteiger partial charge in [0.05, 0.1) is 5.56 Å². The molecule has 2 aromatic carbocycles. The lowest BCUT2D eigenvalue weighted by Crippen LogP contribution is -2.15. The molecular weight excluding hydrogens is 282 g/mol. The fraction of sp³-hybridized carbons (Fsp3) is 0.250. The summed E-state index contributed by atoms with van der Waals surface area (Å²) in [4.78, 5) is 0. The molecule has 0 heterocycles. The maximum atomic E-state index is 13.2. The van der Waals surface area contributed by atoms with Gasteiger partial charge in [-0.1, -0.05) is 24.3 Å². The third-order valence-corrected chi connectivity index (χ3v) is 3.19. The van der Waals surface area contributed by atoms with Gasteiger partial charge in [-0.3, -0.25) is 0 Å². The van der Waals surface area contributed by atoms with E-state index < -0.39 is 17.6 Å². The van der Waals surface area contributed by atoms with Crippen molar-refractivity contribution in [2.24, 2.45) is 0 Å². The van der Waals surface area contributed by atoms with Gasteiger partial charge in [-0.15, -0.1) is 0 Å². The Labute approximate surface area is 120 Å². The van der Waals surface area contributed by atoms with Crippen molar-refractivity contribution in [3.05, 3.63) is 70.5 Å². The van der Waals surface area contributed by atoms with Gasteiger partial charge in [0.2, 0.25) is 0 Å². The molecule has 0 amide bonds. The van der Waals surface area contributed by atoms with E-state index in [-0.39, 0.29) is 12.1 Å². The average molecular weight is 297 g/mol. The van der Waals surface area contributed by atoms with Crippen LogP contribution in [-0.2, 0) is 19.3 Å². The summed E-state index contributed by atoms with van der Waals surface area (Å²) in [6, 6.07) is 10.3. The topological polar surface area (TPSA) is 12.0 Å². The van der Waals surface area contributed by atoms with Gasteiger partial charge in [0.25, 0.3) is 0 Å². The first-order valence-corrected chi connectivity index (χ1v) is 6.48. The van der Waals surface area contributed by atoms with E-state index in [9.17, 15) is 17.6 Å². The van der Waals surface area contributed by atoms with Crippen LogP contribution >= 0.6 is 0 Å². The average Bonchev–Trinajstić information content (AvgIpc) is 2.39. The summed E-state index contributed by atoms with van der Waals surface area (Å²) >= 11 is 0. The van der Waals surface area contributed by atoms with Gasteiger partial charge in [-0.05, 0) is 41.8 Å². The molecule has 21 heavy (non-hydrogen) atoms. The second-order valence-electron chi connectivity index (χ2n) is 4.88. The van der Waals surface area contributed by atoms with Crippen molar-refractivity contribution in [3.63, 3.8) is 0 Å². The van der Waals surface area contributed by atoms with Crippen molar-refractivity contribution >= 4 is 0 Å². The molecule has 0 saturated carbocycles. The van der Waals surface area contributed by atoms with E-state index in [2.05, 4.69) is 5.32 Å². The summed E-state index contributed by atoms with van der Waals surface area (Å²) in [5, 5.41) is 3.03. The third kappa shape index (κ3) is 4.29. The molecule has 112 valence electrons. The van der Waals surface area contributed by atoms with Crippen LogP contribution in [0.5, 0.6) is 0 Å². The van der Waals surface area contributed by atoms with E-state index in [4.69, 9.17) is 0 Å². The van der Waals surface area contributed by atoms with Crippen LogP contribution in [0.2, 0.25) is 0 Å². The Balaban J connectivity index is 2.04. The van der Waals surface area contributed by atoms with Crippen LogP contribution in [0, 0.1) is 12.7 Å². The second-order valence-corrected chi connectivity index (χ2v) is 4.88. The minimum absolute atomic E-state index is 0.176. The number of rotatable bonds is 4. The zero-order valence-electron chi connectivity index (χ0n) is 11.5. The minimum atomic E-state index is -4.53. The first-order valence-electron chi connectivity index (χ1n) is 6.48. The van der Waals surface area contributed by atoms with Crippen molar-refractivity contribution in [2.45, 2.75) is 26.2 Å². The first-order chi connectivity index (χ1) is 9.86. The Bertz CT molecular complexity index is 620. The Morgan fingerprint density at radius 2 is 1.71 bits per heavy atom. The summed E-state index contributed by atoms with van der Waals surface area (Å²) in [6.45, 7) is 2.65. The van der Waals surface area contributed by atoms with Gasteiger partial charge in [0.1, 0.15) is 5.82 Å². The van der Waals surface area contributed by atoms with E-state index in [1.54, 1.807) is 0 Å². The van der Waals surface area contributed by atoms with Gasteiger partial charge in [-0.25, -0.2) is 4.39 Å². The fourth-order valence-corrected chi connectivity index (χ4v) is 2.07. The second kappa shape index (κ2) is 6.26. The van der Waals surface area contributed by atoms with Crippen LogP contribution in [0.3, 0.4) is 0 Å². The summed E-state index contributed by atoms with van der Waals surface area (Å²) in [5.41, 5.74) is 1.47. The van der Waals surface area contributed by atoms with Crippen LogP contribution in [-0.4, -0.2) is 0 Å². The van der Waals surface area contributed by atoms with E-state index in [1.165, 1.54) is 0 Å². The van der Waals surface area contributed by atoms with Crippen LogP contribution < -0.4 is 5.32 Å². The van der Waals surface area contributed by atoms with E-state index in [0.29, 0.717) is 12.6 Å². The molecule has 0 aliphatic heterocycles. The maximum absolute atomic E-state index is 13.2. The van der Waals surface area contributed by atoms with E-state index in [0.717, 1.165) is 23.3 Å². The summed E-state index contributed by atoms with van der Waals surface area (Å²) in [6.07, 6.45) is -4.53. The highest BCUT2D eigenvalue weighted by Gasteiger charge is 2.31. The molecule has 2 rings (SSSR count). The molecule has 0 atom stereocenters. The van der Waals surface area contributed by atoms with Gasteiger partial charge < -0.3 is 5.32 Å². The number of hydrogen-bond acceptors (Lipinski definition) is 1. The number of hydrogen-bond donors (Lipinski definition) is 1. The number of nitrogens with one attached hydrogen (secondary N) is 1. The normalized spacial score (nSPS) is 11.7. The molecule has 0 spiro atoms. The molecule has 1 nitrogen and oxygen atoms in total. The molecule has 0 fully saturated rings. The number of benzene rings is 2. The molecular formula is C16H15F4N.